The van der Waals surface area contributed by atoms with Crippen LogP contribution < -0.4 is 14.2 Å². The molecule has 4 rings (SSSR count). The molecule has 0 saturated carbocycles. The van der Waals surface area contributed by atoms with Crippen LogP contribution in [0.15, 0.2) is 60.9 Å². The normalized spacial score (nSPS) is 14.8. The fourth-order valence-corrected chi connectivity index (χ4v) is 5.58. The summed E-state index contributed by atoms with van der Waals surface area (Å²) >= 11 is 0. The molecule has 14 heteroatoms. The van der Waals surface area contributed by atoms with Gasteiger partial charge in [-0.05, 0) is 67.5 Å². The van der Waals surface area contributed by atoms with Crippen molar-refractivity contribution < 1.29 is 50.5 Å². The molecule has 0 bridgehead atoms. The Morgan fingerprint density at radius 2 is 1.60 bits per heavy atom. The molecule has 1 unspecified atom stereocenters. The smallest absolute Gasteiger partial charge is 0.416 e. The second-order valence-corrected chi connectivity index (χ2v) is 11.3. The number of carbonyl (C=O) groups is 2. The maximum atomic E-state index is 15.7. The zero-order valence-electron chi connectivity index (χ0n) is 26.9. The summed E-state index contributed by atoms with van der Waals surface area (Å²) in [6, 6.07) is 9.75. The van der Waals surface area contributed by atoms with Gasteiger partial charge in [-0.3, -0.25) is 9.78 Å². The molecule has 48 heavy (non-hydrogen) atoms. The first-order valence-electron chi connectivity index (χ1n) is 15.3. The lowest BCUT2D eigenvalue weighted by atomic mass is 10.0. The minimum Gasteiger partial charge on any atom is -0.493 e. The second-order valence-electron chi connectivity index (χ2n) is 11.3. The van der Waals surface area contributed by atoms with Crippen molar-refractivity contribution in [2.45, 2.75) is 50.2 Å². The quantitative estimate of drug-likeness (QED) is 0.179. The molecule has 1 saturated heterocycles. The molecule has 2 aromatic carbocycles. The van der Waals surface area contributed by atoms with Crippen LogP contribution in [-0.4, -0.2) is 80.4 Å². The first-order valence-corrected chi connectivity index (χ1v) is 15.3. The predicted octanol–water partition coefficient (Wildman–Crippen LogP) is 6.52. The summed E-state index contributed by atoms with van der Waals surface area (Å²) in [5.74, 6) is -5.42. The lowest BCUT2D eigenvalue weighted by Gasteiger charge is -2.30. The van der Waals surface area contributed by atoms with Gasteiger partial charge in [0.2, 0.25) is 5.75 Å². The number of likely N-dealkylation sites (tertiary alicyclic amines) is 1. The van der Waals surface area contributed by atoms with E-state index in [1.807, 2.05) is 6.07 Å². The van der Waals surface area contributed by atoms with Crippen LogP contribution in [0.5, 0.6) is 17.2 Å². The van der Waals surface area contributed by atoms with E-state index in [1.54, 1.807) is 24.5 Å². The third-order valence-corrected chi connectivity index (χ3v) is 8.13. The van der Waals surface area contributed by atoms with E-state index >= 15 is 8.78 Å². The van der Waals surface area contributed by atoms with E-state index in [4.69, 9.17) is 18.9 Å². The Balaban J connectivity index is 1.45. The van der Waals surface area contributed by atoms with Gasteiger partial charge in [0.25, 0.3) is 5.91 Å². The van der Waals surface area contributed by atoms with Gasteiger partial charge < -0.3 is 28.7 Å². The summed E-state index contributed by atoms with van der Waals surface area (Å²) in [6.07, 6.45) is 0.0420. The Morgan fingerprint density at radius 3 is 2.23 bits per heavy atom. The average Bonchev–Trinajstić information content (AvgIpc) is 3.56. The predicted molar refractivity (Wildman–Crippen MR) is 165 cm³/mol. The van der Waals surface area contributed by atoms with E-state index in [0.717, 1.165) is 34.7 Å². The van der Waals surface area contributed by atoms with E-state index in [2.05, 4.69) is 4.98 Å². The number of hydrogen-bond donors (Lipinski definition) is 0. The molecule has 1 aromatic heterocycles. The molecule has 1 atom stereocenters. The number of aryl methyl sites for hydroxylation is 1. The van der Waals surface area contributed by atoms with Crippen LogP contribution in [0.4, 0.5) is 26.7 Å². The highest BCUT2D eigenvalue weighted by Gasteiger charge is 2.48. The number of nitrogens with zero attached hydrogens (tertiary/aromatic N) is 3. The molecule has 1 fully saturated rings. The van der Waals surface area contributed by atoms with Gasteiger partial charge in [-0.25, -0.2) is 4.79 Å². The fraction of sp³-hybridized carbons (Fsp3) is 0.441. The zero-order valence-corrected chi connectivity index (χ0v) is 26.9. The molecule has 0 N–H and O–H groups in total. The van der Waals surface area contributed by atoms with Gasteiger partial charge in [0.15, 0.2) is 11.5 Å². The number of rotatable bonds is 14. The molecule has 0 radical (unpaired) electrons. The number of aromatic nitrogens is 1. The number of benzene rings is 2. The topological polar surface area (TPSA) is 90.4 Å². The van der Waals surface area contributed by atoms with Crippen LogP contribution in [0.2, 0.25) is 0 Å². The Kier molecular flexibility index (Phi) is 12.1. The van der Waals surface area contributed by atoms with Crippen LogP contribution in [-0.2, 0) is 34.5 Å². The van der Waals surface area contributed by atoms with Gasteiger partial charge in [-0.2, -0.15) is 22.0 Å². The van der Waals surface area contributed by atoms with Crippen LogP contribution >= 0.6 is 0 Å². The Labute approximate surface area is 275 Å². The van der Waals surface area contributed by atoms with Gasteiger partial charge in [0.1, 0.15) is 6.61 Å². The lowest BCUT2D eigenvalue weighted by Crippen LogP contribution is -2.47. The third-order valence-electron chi connectivity index (χ3n) is 8.13. The van der Waals surface area contributed by atoms with Crippen molar-refractivity contribution in [2.75, 3.05) is 47.6 Å². The molecule has 2 amide bonds. The second kappa shape index (κ2) is 16.0. The van der Waals surface area contributed by atoms with Gasteiger partial charge in [0.05, 0.1) is 32.9 Å². The van der Waals surface area contributed by atoms with Crippen molar-refractivity contribution in [2.24, 2.45) is 0 Å². The maximum Gasteiger partial charge on any atom is 0.416 e. The molecular weight excluding hydrogens is 641 g/mol. The van der Waals surface area contributed by atoms with Gasteiger partial charge in [0, 0.05) is 37.6 Å². The van der Waals surface area contributed by atoms with Gasteiger partial charge in [-0.15, -0.1) is 0 Å². The number of ether oxygens (including phenoxy) is 4. The first-order chi connectivity index (χ1) is 22.9. The lowest BCUT2D eigenvalue weighted by molar-refractivity contribution is -0.160. The minimum atomic E-state index is -4.51. The first kappa shape index (κ1) is 36.2. The summed E-state index contributed by atoms with van der Waals surface area (Å²) in [7, 11) is 3.87. The third kappa shape index (κ3) is 8.84. The minimum absolute atomic E-state index is 0.0332. The molecule has 1 aliphatic rings. The number of methoxy groups -OCH3 is 3. The summed E-state index contributed by atoms with van der Waals surface area (Å²) in [5, 5.41) is 0. The van der Waals surface area contributed by atoms with Crippen LogP contribution in [0.25, 0.3) is 0 Å². The molecule has 3 aromatic rings. The van der Waals surface area contributed by atoms with E-state index < -0.39 is 41.3 Å². The van der Waals surface area contributed by atoms with E-state index in [-0.39, 0.29) is 49.9 Å². The molecule has 260 valence electrons. The number of pyridine rings is 1. The molecular formula is C34H38F5N3O6. The Hall–Kier alpha value is -4.62. The van der Waals surface area contributed by atoms with Crippen molar-refractivity contribution in [1.29, 1.82) is 0 Å². The van der Waals surface area contributed by atoms with Crippen molar-refractivity contribution >= 4 is 12.0 Å². The maximum absolute atomic E-state index is 15.7. The highest BCUT2D eigenvalue weighted by Crippen LogP contribution is 2.43. The summed E-state index contributed by atoms with van der Waals surface area (Å²) < 4.78 is 92.2. The summed E-state index contributed by atoms with van der Waals surface area (Å²) in [4.78, 5) is 33.0. The number of halogens is 5. The molecule has 0 spiro atoms. The zero-order chi connectivity index (χ0) is 34.9. The monoisotopic (exact) mass is 679 g/mol. The van der Waals surface area contributed by atoms with Crippen LogP contribution in [0, 0.1) is 0 Å². The molecule has 0 aliphatic carbocycles. The fourth-order valence-electron chi connectivity index (χ4n) is 5.58. The molecule has 2 heterocycles. The highest BCUT2D eigenvalue weighted by atomic mass is 19.4. The highest BCUT2D eigenvalue weighted by molar-refractivity contribution is 5.86. The van der Waals surface area contributed by atoms with Crippen molar-refractivity contribution in [1.82, 2.24) is 14.8 Å². The van der Waals surface area contributed by atoms with Crippen LogP contribution in [0.3, 0.4) is 0 Å². The summed E-state index contributed by atoms with van der Waals surface area (Å²) in [5.41, 5.74) is -0.118. The average molecular weight is 680 g/mol. The molecule has 9 nitrogen and oxygen atoms in total. The summed E-state index contributed by atoms with van der Waals surface area (Å²) in [6.45, 7) is -0.0249. The van der Waals surface area contributed by atoms with Gasteiger partial charge >= 0.3 is 18.2 Å². The molecule has 1 aliphatic heterocycles. The Morgan fingerprint density at radius 1 is 0.896 bits per heavy atom. The number of hydrogen-bond acceptors (Lipinski definition) is 7. The largest absolute Gasteiger partial charge is 0.493 e. The number of carbonyl (C=O) groups excluding carboxylic acids is 2. The van der Waals surface area contributed by atoms with E-state index in [9.17, 15) is 22.8 Å². The van der Waals surface area contributed by atoms with Crippen LogP contribution in [0.1, 0.15) is 41.5 Å². The standard InChI is InChI=1S/C34H38F5N3O6/c1-45-28-19-26(20-29(46-2)30(28)47-3)33(35,36)31(43)42-16-7-12-27(42)22-48-32(44)41(15-6-10-24-9-5-14-40-21-24)17-13-23-8-4-11-25(18-23)34(37,38)39/h4-5,8-9,11,14,18-21,27H,6-7,10,12-13,15-17,22H2,1-3H3. The van der Waals surface area contributed by atoms with E-state index in [0.29, 0.717) is 31.2 Å². The SMILES string of the molecule is COc1cc(C(F)(F)C(=O)N2CCCC2COC(=O)N(CCCc2cccnc2)CCc2cccc(C(F)(F)F)c2)cc(OC)c1OC. The number of amides is 2. The Bertz CT molecular complexity index is 1510. The van der Waals surface area contributed by atoms with Crippen molar-refractivity contribution in [3.05, 3.63) is 83.2 Å². The van der Waals surface area contributed by atoms with Crippen molar-refractivity contribution in [3.63, 3.8) is 0 Å². The van der Waals surface area contributed by atoms with Crippen molar-refractivity contribution in [3.8, 4) is 17.2 Å². The van der Waals surface area contributed by atoms with Gasteiger partial charge in [-0.1, -0.05) is 24.3 Å². The number of alkyl halides is 5. The van der Waals surface area contributed by atoms with E-state index in [1.165, 1.54) is 32.3 Å².